The molecule has 0 spiro atoms. The Morgan fingerprint density at radius 3 is 2.81 bits per heavy atom. The third-order valence-corrected chi connectivity index (χ3v) is 2.72. The van der Waals surface area contributed by atoms with Crippen LogP contribution in [-0.2, 0) is 22.6 Å². The van der Waals surface area contributed by atoms with Crippen LogP contribution in [0.1, 0.15) is 11.1 Å². The Bertz CT molecular complexity index is 381. The summed E-state index contributed by atoms with van der Waals surface area (Å²) in [5, 5.41) is 8.77. The molecule has 0 aliphatic rings. The minimum Gasteiger partial charge on any atom is -0.480 e. The number of ether oxygens (including phenoxy) is 1. The molecular weight excluding hydrogens is 274 g/mol. The van der Waals surface area contributed by atoms with Crippen molar-refractivity contribution >= 4 is 21.9 Å². The highest BCUT2D eigenvalue weighted by Crippen LogP contribution is 2.18. The van der Waals surface area contributed by atoms with E-state index in [9.17, 15) is 4.79 Å². The predicted octanol–water partition coefficient (Wildman–Crippen LogP) is 1.55. The molecule has 3 N–H and O–H groups in total. The number of hydrogen-bond donors (Lipinski definition) is 2. The highest BCUT2D eigenvalue weighted by Gasteiger charge is 2.14. The first kappa shape index (κ1) is 13.2. The van der Waals surface area contributed by atoms with E-state index in [4.69, 9.17) is 15.6 Å². The van der Waals surface area contributed by atoms with Gasteiger partial charge in [-0.25, -0.2) is 0 Å². The molecule has 1 atom stereocenters. The third-order valence-electron chi connectivity index (χ3n) is 2.23. The molecule has 88 valence electrons. The molecule has 5 heteroatoms. The van der Waals surface area contributed by atoms with Gasteiger partial charge in [0.1, 0.15) is 6.04 Å². The molecule has 0 radical (unpaired) electrons. The predicted molar refractivity (Wildman–Crippen MR) is 64.2 cm³/mol. The van der Waals surface area contributed by atoms with E-state index in [-0.39, 0.29) is 0 Å². The van der Waals surface area contributed by atoms with Gasteiger partial charge < -0.3 is 15.6 Å². The molecule has 0 bridgehead atoms. The van der Waals surface area contributed by atoms with Crippen molar-refractivity contribution in [3.8, 4) is 0 Å². The molecule has 0 saturated heterocycles. The van der Waals surface area contributed by atoms with Gasteiger partial charge in [0.25, 0.3) is 0 Å². The molecule has 1 rings (SSSR count). The number of aliphatic carboxylic acids is 1. The Labute approximate surface area is 103 Å². The molecule has 0 heterocycles. The lowest BCUT2D eigenvalue weighted by atomic mass is 10.0. The Kier molecular flexibility index (Phi) is 4.92. The van der Waals surface area contributed by atoms with Gasteiger partial charge in [-0.2, -0.15) is 0 Å². The van der Waals surface area contributed by atoms with Crippen LogP contribution in [0.15, 0.2) is 22.7 Å². The van der Waals surface area contributed by atoms with Crippen LogP contribution in [0.2, 0.25) is 0 Å². The normalized spacial score (nSPS) is 12.4. The summed E-state index contributed by atoms with van der Waals surface area (Å²) in [5.74, 6) is -0.997. The first-order valence-corrected chi connectivity index (χ1v) is 5.58. The van der Waals surface area contributed by atoms with Gasteiger partial charge in [0.2, 0.25) is 0 Å². The monoisotopic (exact) mass is 287 g/mol. The lowest BCUT2D eigenvalue weighted by Gasteiger charge is -2.12. The average molecular weight is 288 g/mol. The molecule has 0 amide bonds. The number of nitrogens with two attached hydrogens (primary N) is 1. The van der Waals surface area contributed by atoms with Crippen molar-refractivity contribution in [2.45, 2.75) is 19.1 Å². The number of hydrogen-bond acceptors (Lipinski definition) is 3. The molecule has 16 heavy (non-hydrogen) atoms. The van der Waals surface area contributed by atoms with E-state index in [1.807, 2.05) is 18.2 Å². The zero-order valence-corrected chi connectivity index (χ0v) is 10.5. The number of carboxylic acids is 1. The van der Waals surface area contributed by atoms with E-state index in [1.54, 1.807) is 7.11 Å². The maximum Gasteiger partial charge on any atom is 0.320 e. The van der Waals surface area contributed by atoms with Crippen molar-refractivity contribution in [3.63, 3.8) is 0 Å². The maximum absolute atomic E-state index is 10.7. The fourth-order valence-electron chi connectivity index (χ4n) is 1.41. The van der Waals surface area contributed by atoms with Gasteiger partial charge >= 0.3 is 5.97 Å². The zero-order chi connectivity index (χ0) is 12.1. The van der Waals surface area contributed by atoms with Crippen LogP contribution in [-0.4, -0.2) is 24.2 Å². The van der Waals surface area contributed by atoms with Gasteiger partial charge in [-0.3, -0.25) is 4.79 Å². The lowest BCUT2D eigenvalue weighted by Crippen LogP contribution is -2.32. The second-order valence-electron chi connectivity index (χ2n) is 3.49. The van der Waals surface area contributed by atoms with Crippen LogP contribution in [0, 0.1) is 0 Å². The summed E-state index contributed by atoms with van der Waals surface area (Å²) in [6.45, 7) is 0.453. The number of rotatable bonds is 5. The number of carboxylic acid groups (broad SMARTS) is 1. The van der Waals surface area contributed by atoms with Gasteiger partial charge in [0.15, 0.2) is 0 Å². The third kappa shape index (κ3) is 3.59. The molecule has 0 aromatic heterocycles. The van der Waals surface area contributed by atoms with Crippen molar-refractivity contribution in [2.24, 2.45) is 5.73 Å². The van der Waals surface area contributed by atoms with E-state index >= 15 is 0 Å². The first-order chi connectivity index (χ1) is 7.54. The minimum absolute atomic E-state index is 0.299. The van der Waals surface area contributed by atoms with Gasteiger partial charge in [0.05, 0.1) is 6.61 Å². The summed E-state index contributed by atoms with van der Waals surface area (Å²) in [5.41, 5.74) is 7.36. The number of carbonyl (C=O) groups is 1. The quantitative estimate of drug-likeness (QED) is 0.862. The van der Waals surface area contributed by atoms with Crippen molar-refractivity contribution in [1.29, 1.82) is 0 Å². The zero-order valence-electron chi connectivity index (χ0n) is 8.94. The van der Waals surface area contributed by atoms with Crippen molar-refractivity contribution in [2.75, 3.05) is 7.11 Å². The summed E-state index contributed by atoms with van der Waals surface area (Å²) in [7, 11) is 1.60. The van der Waals surface area contributed by atoms with Gasteiger partial charge in [0, 0.05) is 11.6 Å². The average Bonchev–Trinajstić information content (AvgIpc) is 2.22. The Morgan fingerprint density at radius 1 is 1.56 bits per heavy atom. The van der Waals surface area contributed by atoms with Gasteiger partial charge in [-0.15, -0.1) is 0 Å². The topological polar surface area (TPSA) is 72.5 Å². The molecule has 0 fully saturated rings. The summed E-state index contributed by atoms with van der Waals surface area (Å²) in [6.07, 6.45) is 0.299. The molecule has 1 unspecified atom stereocenters. The van der Waals surface area contributed by atoms with Crippen LogP contribution in [0.3, 0.4) is 0 Å². The van der Waals surface area contributed by atoms with Crippen molar-refractivity contribution in [3.05, 3.63) is 33.8 Å². The molecule has 1 aromatic rings. The standard InChI is InChI=1S/C11H14BrNO3/c1-16-6-7-2-3-9(12)4-8(7)5-10(13)11(14)15/h2-4,10H,5-6,13H2,1H3,(H,14,15). The summed E-state index contributed by atoms with van der Waals surface area (Å²) < 4.78 is 5.95. The maximum atomic E-state index is 10.7. The highest BCUT2D eigenvalue weighted by atomic mass is 79.9. The van der Waals surface area contributed by atoms with Crippen LogP contribution < -0.4 is 5.73 Å². The first-order valence-electron chi connectivity index (χ1n) is 4.79. The van der Waals surface area contributed by atoms with E-state index in [0.717, 1.165) is 15.6 Å². The fraction of sp³-hybridized carbons (Fsp3) is 0.364. The molecule has 0 aliphatic heterocycles. The second kappa shape index (κ2) is 5.98. The Balaban J connectivity index is 2.91. The Morgan fingerprint density at radius 2 is 2.25 bits per heavy atom. The summed E-state index contributed by atoms with van der Waals surface area (Å²) in [6, 6.07) is 4.78. The fourth-order valence-corrected chi connectivity index (χ4v) is 1.81. The smallest absolute Gasteiger partial charge is 0.320 e. The minimum atomic E-state index is -0.997. The molecule has 1 aromatic carbocycles. The van der Waals surface area contributed by atoms with E-state index in [1.165, 1.54) is 0 Å². The van der Waals surface area contributed by atoms with Gasteiger partial charge in [-0.05, 0) is 29.7 Å². The number of halogens is 1. The number of methoxy groups -OCH3 is 1. The van der Waals surface area contributed by atoms with E-state index in [2.05, 4.69) is 15.9 Å². The van der Waals surface area contributed by atoms with Crippen LogP contribution >= 0.6 is 15.9 Å². The van der Waals surface area contributed by atoms with E-state index < -0.39 is 12.0 Å². The highest BCUT2D eigenvalue weighted by molar-refractivity contribution is 9.10. The molecule has 4 nitrogen and oxygen atoms in total. The van der Waals surface area contributed by atoms with Crippen LogP contribution in [0.4, 0.5) is 0 Å². The van der Waals surface area contributed by atoms with E-state index in [0.29, 0.717) is 13.0 Å². The summed E-state index contributed by atoms with van der Waals surface area (Å²) in [4.78, 5) is 10.7. The number of benzene rings is 1. The Hall–Kier alpha value is -0.910. The van der Waals surface area contributed by atoms with Crippen LogP contribution in [0.25, 0.3) is 0 Å². The second-order valence-corrected chi connectivity index (χ2v) is 4.41. The lowest BCUT2D eigenvalue weighted by molar-refractivity contribution is -0.138. The van der Waals surface area contributed by atoms with Crippen molar-refractivity contribution in [1.82, 2.24) is 0 Å². The van der Waals surface area contributed by atoms with Crippen molar-refractivity contribution < 1.29 is 14.6 Å². The SMILES string of the molecule is COCc1ccc(Br)cc1CC(N)C(=O)O. The molecule has 0 saturated carbocycles. The van der Waals surface area contributed by atoms with Crippen LogP contribution in [0.5, 0.6) is 0 Å². The summed E-state index contributed by atoms with van der Waals surface area (Å²) >= 11 is 3.35. The largest absolute Gasteiger partial charge is 0.480 e. The molecule has 0 aliphatic carbocycles. The molecular formula is C11H14BrNO3. The van der Waals surface area contributed by atoms with Gasteiger partial charge in [-0.1, -0.05) is 22.0 Å².